The van der Waals surface area contributed by atoms with Crippen molar-refractivity contribution >= 4 is 35.5 Å². The normalized spacial score (nSPS) is 14.3. The van der Waals surface area contributed by atoms with Crippen molar-refractivity contribution in [3.63, 3.8) is 0 Å². The zero-order chi connectivity index (χ0) is 35.5. The highest BCUT2D eigenvalue weighted by molar-refractivity contribution is 5.92. The Kier molecular flexibility index (Phi) is 19.0. The Morgan fingerprint density at radius 3 is 2.02 bits per heavy atom. The largest absolute Gasteiger partial charge is 0.481 e. The molecule has 0 aliphatic carbocycles. The van der Waals surface area contributed by atoms with Crippen LogP contribution in [0.2, 0.25) is 0 Å². The fraction of sp³-hybridized carbons (Fsp3) is 0.647. The van der Waals surface area contributed by atoms with Gasteiger partial charge in [0.05, 0.1) is 12.5 Å². The second-order valence-corrected chi connectivity index (χ2v) is 12.7. The molecule has 1 rings (SSSR count). The topological polar surface area (TPSA) is 209 Å². The second kappa shape index (κ2) is 21.7. The maximum atomic E-state index is 13.5. The highest BCUT2D eigenvalue weighted by Gasteiger charge is 2.30. The van der Waals surface area contributed by atoms with E-state index < -0.39 is 41.8 Å². The minimum atomic E-state index is -0.993. The quantitative estimate of drug-likeness (QED) is 0.0920. The fourth-order valence-electron chi connectivity index (χ4n) is 4.96. The molecule has 1 aromatic carbocycles. The molecular formula is C34H56N6O7. The molecule has 0 heterocycles. The van der Waals surface area contributed by atoms with Crippen molar-refractivity contribution in [2.24, 2.45) is 17.6 Å². The van der Waals surface area contributed by atoms with Gasteiger partial charge in [0, 0.05) is 32.0 Å². The predicted octanol–water partition coefficient (Wildman–Crippen LogP) is 1.91. The van der Waals surface area contributed by atoms with Gasteiger partial charge in [0.2, 0.25) is 29.5 Å². The first-order valence-corrected chi connectivity index (χ1v) is 16.7. The summed E-state index contributed by atoms with van der Waals surface area (Å²) < 4.78 is 0. The van der Waals surface area contributed by atoms with Crippen LogP contribution >= 0.6 is 0 Å². The minimum absolute atomic E-state index is 0.0166. The summed E-state index contributed by atoms with van der Waals surface area (Å²) in [5.74, 6) is -2.81. The Morgan fingerprint density at radius 2 is 1.47 bits per heavy atom. The number of aliphatic carboxylic acids is 1. The number of carbonyl (C=O) groups excluding carboxylic acids is 5. The molecule has 5 atom stereocenters. The van der Waals surface area contributed by atoms with Crippen LogP contribution in [0.1, 0.15) is 97.6 Å². The number of nitrogens with two attached hydrogens (primary N) is 1. The number of carboxylic acid groups (broad SMARTS) is 1. The molecule has 0 bridgehead atoms. The second-order valence-electron chi connectivity index (χ2n) is 12.7. The highest BCUT2D eigenvalue weighted by Crippen LogP contribution is 2.12. The summed E-state index contributed by atoms with van der Waals surface area (Å²) in [7, 11) is 0. The number of benzene rings is 1. The summed E-state index contributed by atoms with van der Waals surface area (Å²) in [5, 5.41) is 23.5. The molecule has 13 heteroatoms. The summed E-state index contributed by atoms with van der Waals surface area (Å²) in [6.45, 7) is 12.1. The summed E-state index contributed by atoms with van der Waals surface area (Å²) >= 11 is 0. The summed E-state index contributed by atoms with van der Waals surface area (Å²) in [6.07, 6.45) is 2.43. The molecule has 264 valence electrons. The van der Waals surface area contributed by atoms with Gasteiger partial charge in [-0.1, -0.05) is 71.7 Å². The lowest BCUT2D eigenvalue weighted by Crippen LogP contribution is -2.57. The maximum Gasteiger partial charge on any atom is 0.303 e. The van der Waals surface area contributed by atoms with Crippen LogP contribution in [-0.2, 0) is 41.7 Å². The Balaban J connectivity index is 2.81. The number of carbonyl (C=O) groups is 6. The molecule has 0 aromatic heterocycles. The van der Waals surface area contributed by atoms with Crippen molar-refractivity contribution in [3.05, 3.63) is 35.4 Å². The van der Waals surface area contributed by atoms with Crippen LogP contribution in [0, 0.1) is 11.8 Å². The van der Waals surface area contributed by atoms with Crippen LogP contribution in [0.4, 0.5) is 0 Å². The van der Waals surface area contributed by atoms with E-state index in [4.69, 9.17) is 10.8 Å². The zero-order valence-electron chi connectivity index (χ0n) is 28.8. The predicted molar refractivity (Wildman–Crippen MR) is 180 cm³/mol. The summed E-state index contributed by atoms with van der Waals surface area (Å²) in [4.78, 5) is 74.0. The number of amides is 5. The number of hydrogen-bond acceptors (Lipinski definition) is 7. The molecule has 0 aliphatic heterocycles. The Hall–Kier alpha value is -4.00. The Morgan fingerprint density at radius 1 is 0.830 bits per heavy atom. The molecule has 0 fully saturated rings. The van der Waals surface area contributed by atoms with Crippen molar-refractivity contribution < 1.29 is 33.9 Å². The van der Waals surface area contributed by atoms with Gasteiger partial charge in [0.25, 0.3) is 0 Å². The van der Waals surface area contributed by atoms with Gasteiger partial charge in [-0.2, -0.15) is 0 Å². The lowest BCUT2D eigenvalue weighted by molar-refractivity contribution is -0.137. The van der Waals surface area contributed by atoms with Gasteiger partial charge in [0.15, 0.2) is 0 Å². The number of nitrogens with one attached hydrogen (secondary N) is 5. The molecule has 1 aromatic rings. The van der Waals surface area contributed by atoms with Crippen molar-refractivity contribution in [3.8, 4) is 0 Å². The molecule has 5 amide bonds. The molecule has 8 N–H and O–H groups in total. The minimum Gasteiger partial charge on any atom is -0.481 e. The number of primary amides is 1. The van der Waals surface area contributed by atoms with Crippen molar-refractivity contribution in [2.75, 3.05) is 6.54 Å². The third-order valence-corrected chi connectivity index (χ3v) is 7.85. The van der Waals surface area contributed by atoms with Crippen LogP contribution in [0.5, 0.6) is 0 Å². The maximum absolute atomic E-state index is 13.5. The van der Waals surface area contributed by atoms with Crippen LogP contribution in [0.3, 0.4) is 0 Å². The van der Waals surface area contributed by atoms with E-state index in [1.807, 2.05) is 46.8 Å². The van der Waals surface area contributed by atoms with E-state index in [-0.39, 0.29) is 55.4 Å². The Labute approximate surface area is 279 Å². The molecule has 47 heavy (non-hydrogen) atoms. The summed E-state index contributed by atoms with van der Waals surface area (Å²) in [6, 6.07) is 4.71. The average molecular weight is 661 g/mol. The third-order valence-electron chi connectivity index (χ3n) is 7.85. The monoisotopic (exact) mass is 660 g/mol. The van der Waals surface area contributed by atoms with E-state index in [9.17, 15) is 28.8 Å². The number of hydrogen-bond donors (Lipinski definition) is 7. The Bertz CT molecular complexity index is 1170. The SMILES string of the molecule is CCC[C@H](NC(=O)[C@@H](NC(=O)CCCC(=O)O)[C@@H](C)CC)C(=O)N[C@H](CN[C@@H](C)C(=O)NCc1ccc(CC(N)=O)cc1)CC(C)C. The van der Waals surface area contributed by atoms with Crippen LogP contribution < -0.4 is 32.3 Å². The molecular weight excluding hydrogens is 604 g/mol. The molecule has 0 radical (unpaired) electrons. The average Bonchev–Trinajstić information content (AvgIpc) is 3.00. The summed E-state index contributed by atoms with van der Waals surface area (Å²) in [5.41, 5.74) is 6.91. The molecule has 0 saturated heterocycles. The van der Waals surface area contributed by atoms with E-state index in [1.165, 1.54) is 0 Å². The van der Waals surface area contributed by atoms with Crippen LogP contribution in [0.15, 0.2) is 24.3 Å². The fourth-order valence-corrected chi connectivity index (χ4v) is 4.96. The van der Waals surface area contributed by atoms with Crippen molar-refractivity contribution in [1.82, 2.24) is 26.6 Å². The van der Waals surface area contributed by atoms with Crippen molar-refractivity contribution in [1.29, 1.82) is 0 Å². The van der Waals surface area contributed by atoms with E-state index in [2.05, 4.69) is 26.6 Å². The van der Waals surface area contributed by atoms with Gasteiger partial charge < -0.3 is 37.4 Å². The van der Waals surface area contributed by atoms with Gasteiger partial charge in [-0.3, -0.25) is 28.8 Å². The van der Waals surface area contributed by atoms with Gasteiger partial charge in [-0.25, -0.2) is 0 Å². The third kappa shape index (κ3) is 16.9. The first-order valence-electron chi connectivity index (χ1n) is 16.7. The molecule has 0 spiro atoms. The zero-order valence-corrected chi connectivity index (χ0v) is 28.8. The first kappa shape index (κ1) is 41.0. The van der Waals surface area contributed by atoms with Gasteiger partial charge >= 0.3 is 5.97 Å². The van der Waals surface area contributed by atoms with Gasteiger partial charge in [-0.15, -0.1) is 0 Å². The van der Waals surface area contributed by atoms with E-state index in [0.717, 1.165) is 11.1 Å². The molecule has 0 aliphatic rings. The highest BCUT2D eigenvalue weighted by atomic mass is 16.4. The number of carboxylic acids is 1. The van der Waals surface area contributed by atoms with Crippen molar-refractivity contribution in [2.45, 2.75) is 124 Å². The van der Waals surface area contributed by atoms with E-state index >= 15 is 0 Å². The smallest absolute Gasteiger partial charge is 0.303 e. The molecule has 0 unspecified atom stereocenters. The van der Waals surface area contributed by atoms with E-state index in [1.54, 1.807) is 19.1 Å². The van der Waals surface area contributed by atoms with Gasteiger partial charge in [-0.05, 0) is 49.1 Å². The van der Waals surface area contributed by atoms with Crippen LogP contribution in [0.25, 0.3) is 0 Å². The number of rotatable bonds is 23. The lowest BCUT2D eigenvalue weighted by atomic mass is 9.97. The molecule has 0 saturated carbocycles. The van der Waals surface area contributed by atoms with Crippen LogP contribution in [-0.4, -0.2) is 71.3 Å². The lowest BCUT2D eigenvalue weighted by Gasteiger charge is -2.28. The first-order chi connectivity index (χ1) is 22.2. The van der Waals surface area contributed by atoms with Gasteiger partial charge in [0.1, 0.15) is 12.1 Å². The standard InChI is InChI=1S/C34H56N6O7/c1-7-10-27(39-34(47)31(22(5)8-2)40-29(42)11-9-12-30(43)44)33(46)38-26(17-21(3)4)20-36-23(6)32(45)37-19-25-15-13-24(14-16-25)18-28(35)41/h13-16,21-23,26-27,31,36H,7-12,17-20H2,1-6H3,(H2,35,41)(H,37,45)(H,38,46)(H,39,47)(H,40,42)(H,43,44)/t22-,23-,26-,27-,31-/m0/s1. The molecule has 13 nitrogen and oxygen atoms in total. The van der Waals surface area contributed by atoms with E-state index in [0.29, 0.717) is 38.8 Å².